The molecule has 0 bridgehead atoms. The minimum absolute atomic E-state index is 0. The zero-order valence-corrected chi connectivity index (χ0v) is 12.9. The van der Waals surface area contributed by atoms with Crippen molar-refractivity contribution in [2.24, 2.45) is 0 Å². The second-order valence-corrected chi connectivity index (χ2v) is 6.58. The summed E-state index contributed by atoms with van der Waals surface area (Å²) in [5.74, 6) is -0.911. The zero-order chi connectivity index (χ0) is 15.6. The summed E-state index contributed by atoms with van der Waals surface area (Å²) >= 11 is 0. The maximum absolute atomic E-state index is 11.9. The molecule has 0 atom stereocenters. The van der Waals surface area contributed by atoms with Crippen molar-refractivity contribution in [3.8, 4) is 0 Å². The molecule has 0 fully saturated rings. The first-order valence-corrected chi connectivity index (χ1v) is 6.55. The fraction of sp³-hybridized carbons (Fsp3) is 0.500. The van der Waals surface area contributed by atoms with Gasteiger partial charge in [0.1, 0.15) is 11.2 Å². The van der Waals surface area contributed by atoms with E-state index >= 15 is 0 Å². The fourth-order valence-electron chi connectivity index (χ4n) is 1.45. The van der Waals surface area contributed by atoms with E-state index in [0.29, 0.717) is 11.1 Å². The quantitative estimate of drug-likeness (QED) is 0.622. The molecule has 0 N–H and O–H groups in total. The van der Waals surface area contributed by atoms with Gasteiger partial charge in [0, 0.05) is 0 Å². The van der Waals surface area contributed by atoms with E-state index in [1.165, 1.54) is 6.07 Å². The van der Waals surface area contributed by atoms with Crippen LogP contribution in [-0.2, 0) is 9.47 Å². The van der Waals surface area contributed by atoms with E-state index in [-0.39, 0.29) is 29.6 Å². The molecule has 1 rings (SSSR count). The van der Waals surface area contributed by atoms with Gasteiger partial charge in [-0.25, -0.2) is 9.59 Å². The van der Waals surface area contributed by atoms with Gasteiger partial charge in [0.25, 0.3) is 0 Å². The average molecular weight is 302 g/mol. The normalized spacial score (nSPS) is 11.3. The van der Waals surface area contributed by atoms with Crippen LogP contribution in [0.5, 0.6) is 0 Å². The molecule has 1 aromatic rings. The van der Waals surface area contributed by atoms with Crippen LogP contribution in [-0.4, -0.2) is 52.7 Å². The van der Waals surface area contributed by atoms with E-state index in [4.69, 9.17) is 9.47 Å². The first-order valence-electron chi connectivity index (χ1n) is 6.55. The van der Waals surface area contributed by atoms with Gasteiger partial charge in [0.2, 0.25) is 0 Å². The molecule has 0 saturated heterocycles. The van der Waals surface area contributed by atoms with Crippen LogP contribution in [0.4, 0.5) is 0 Å². The number of rotatable bonds is 2. The standard InChI is InChI=1S/C16H22O4.Na.H/c1-15(2,3)19-13(17)11-8-7-9-12(10-11)14(18)20-16(4,5)6;;/h7-10H,1-6H3;;. The summed E-state index contributed by atoms with van der Waals surface area (Å²) in [5.41, 5.74) is -0.468. The third kappa shape index (κ3) is 7.65. The van der Waals surface area contributed by atoms with Crippen LogP contribution in [0.25, 0.3) is 0 Å². The van der Waals surface area contributed by atoms with Crippen molar-refractivity contribution in [2.75, 3.05) is 0 Å². The molecule has 0 radical (unpaired) electrons. The number of ether oxygens (including phenoxy) is 2. The van der Waals surface area contributed by atoms with E-state index < -0.39 is 23.1 Å². The number of esters is 2. The van der Waals surface area contributed by atoms with Crippen LogP contribution < -0.4 is 0 Å². The third-order valence-corrected chi connectivity index (χ3v) is 2.13. The molecule has 0 saturated carbocycles. The van der Waals surface area contributed by atoms with Crippen molar-refractivity contribution >= 4 is 41.5 Å². The Balaban J connectivity index is 0.00000400. The van der Waals surface area contributed by atoms with E-state index in [1.807, 2.05) is 0 Å². The van der Waals surface area contributed by atoms with Gasteiger partial charge in [0.05, 0.1) is 11.1 Å². The minimum atomic E-state index is -0.570. The summed E-state index contributed by atoms with van der Waals surface area (Å²) in [4.78, 5) is 23.9. The second-order valence-electron chi connectivity index (χ2n) is 6.58. The van der Waals surface area contributed by atoms with Crippen LogP contribution in [0.15, 0.2) is 24.3 Å². The number of carbonyl (C=O) groups excluding carboxylic acids is 2. The summed E-state index contributed by atoms with van der Waals surface area (Å²) < 4.78 is 10.5. The Morgan fingerprint density at radius 1 is 0.810 bits per heavy atom. The molecule has 0 unspecified atom stereocenters. The summed E-state index contributed by atoms with van der Waals surface area (Å²) in [6, 6.07) is 6.35. The Hall–Kier alpha value is -0.840. The number of carbonyl (C=O) groups is 2. The maximum atomic E-state index is 11.9. The number of hydrogen-bond acceptors (Lipinski definition) is 4. The summed E-state index contributed by atoms with van der Waals surface area (Å²) in [6.07, 6.45) is 0. The van der Waals surface area contributed by atoms with Gasteiger partial charge in [-0.05, 0) is 59.7 Å². The third-order valence-electron chi connectivity index (χ3n) is 2.13. The van der Waals surface area contributed by atoms with Gasteiger partial charge < -0.3 is 9.47 Å². The first-order chi connectivity index (χ1) is 8.98. The fourth-order valence-corrected chi connectivity index (χ4v) is 1.45. The molecule has 0 aliphatic carbocycles. The summed E-state index contributed by atoms with van der Waals surface area (Å²) in [7, 11) is 0. The Morgan fingerprint density at radius 2 is 1.14 bits per heavy atom. The van der Waals surface area contributed by atoms with Gasteiger partial charge in [-0.15, -0.1) is 0 Å². The molecule has 21 heavy (non-hydrogen) atoms. The van der Waals surface area contributed by atoms with Crippen LogP contribution in [0.2, 0.25) is 0 Å². The number of hydrogen-bond donors (Lipinski definition) is 0. The Bertz CT molecular complexity index is 466. The molecular formula is C16H23NaO4. The van der Waals surface area contributed by atoms with Gasteiger partial charge in [-0.2, -0.15) is 0 Å². The van der Waals surface area contributed by atoms with E-state index in [0.717, 1.165) is 0 Å². The van der Waals surface area contributed by atoms with Crippen molar-refractivity contribution in [1.29, 1.82) is 0 Å². The zero-order valence-electron chi connectivity index (χ0n) is 12.9. The van der Waals surface area contributed by atoms with Crippen molar-refractivity contribution in [1.82, 2.24) is 0 Å². The number of benzene rings is 1. The van der Waals surface area contributed by atoms with Crippen LogP contribution in [0, 0.1) is 0 Å². The van der Waals surface area contributed by atoms with Gasteiger partial charge >= 0.3 is 41.5 Å². The summed E-state index contributed by atoms with van der Waals surface area (Å²) in [6.45, 7) is 10.8. The topological polar surface area (TPSA) is 52.6 Å². The van der Waals surface area contributed by atoms with Crippen LogP contribution in [0.1, 0.15) is 62.3 Å². The van der Waals surface area contributed by atoms with E-state index in [2.05, 4.69) is 0 Å². The van der Waals surface area contributed by atoms with Crippen LogP contribution in [0.3, 0.4) is 0 Å². The summed E-state index contributed by atoms with van der Waals surface area (Å²) in [5, 5.41) is 0. The second kappa shape index (κ2) is 7.43. The van der Waals surface area contributed by atoms with Gasteiger partial charge in [-0.1, -0.05) is 6.07 Å². The molecule has 4 nitrogen and oxygen atoms in total. The predicted molar refractivity (Wildman–Crippen MR) is 83.9 cm³/mol. The molecule has 0 amide bonds. The molecule has 5 heteroatoms. The monoisotopic (exact) mass is 302 g/mol. The Labute approximate surface area is 148 Å². The van der Waals surface area contributed by atoms with Crippen molar-refractivity contribution in [3.63, 3.8) is 0 Å². The molecule has 0 spiro atoms. The van der Waals surface area contributed by atoms with Crippen molar-refractivity contribution in [3.05, 3.63) is 35.4 Å². The van der Waals surface area contributed by atoms with Crippen molar-refractivity contribution in [2.45, 2.75) is 52.7 Å². The molecule has 0 heterocycles. The SMILES string of the molecule is CC(C)(C)OC(=O)c1cccc(C(=O)OC(C)(C)C)c1.[NaH]. The average Bonchev–Trinajstić information content (AvgIpc) is 2.24. The Morgan fingerprint density at radius 3 is 1.43 bits per heavy atom. The molecular weight excluding hydrogens is 279 g/mol. The van der Waals surface area contributed by atoms with Crippen LogP contribution >= 0.6 is 0 Å². The molecule has 0 aliphatic heterocycles. The molecule has 0 aliphatic rings. The molecule has 112 valence electrons. The van der Waals surface area contributed by atoms with Crippen molar-refractivity contribution < 1.29 is 19.1 Å². The van der Waals surface area contributed by atoms with E-state index in [9.17, 15) is 9.59 Å². The Kier molecular flexibility index (Phi) is 7.13. The molecule has 1 aromatic carbocycles. The predicted octanol–water partition coefficient (Wildman–Crippen LogP) is 2.95. The molecule has 0 aromatic heterocycles. The van der Waals surface area contributed by atoms with Gasteiger partial charge in [0.15, 0.2) is 0 Å². The van der Waals surface area contributed by atoms with Gasteiger partial charge in [-0.3, -0.25) is 0 Å². The van der Waals surface area contributed by atoms with E-state index in [1.54, 1.807) is 59.7 Å². The first kappa shape index (κ1) is 20.2.